The number of methoxy groups -OCH3 is 1. The van der Waals surface area contributed by atoms with Crippen LogP contribution >= 0.6 is 0 Å². The van der Waals surface area contributed by atoms with Crippen LogP contribution in [0.1, 0.15) is 49.4 Å². The number of nitrogen functional groups attached to an aromatic ring is 1. The minimum Gasteiger partial charge on any atom is -0.385 e. The lowest BCUT2D eigenvalue weighted by molar-refractivity contribution is 0.0742. The van der Waals surface area contributed by atoms with Crippen LogP contribution in [-0.4, -0.2) is 87.0 Å². The fourth-order valence-corrected chi connectivity index (χ4v) is 7.17. The van der Waals surface area contributed by atoms with Crippen molar-refractivity contribution in [1.29, 1.82) is 0 Å². The molecule has 0 aliphatic carbocycles. The Bertz CT molecular complexity index is 1730. The topological polar surface area (TPSA) is 101 Å². The highest BCUT2D eigenvalue weighted by molar-refractivity contribution is 6.00. The molecule has 0 saturated carbocycles. The van der Waals surface area contributed by atoms with Crippen molar-refractivity contribution in [2.75, 3.05) is 52.2 Å². The van der Waals surface area contributed by atoms with Crippen molar-refractivity contribution >= 4 is 27.8 Å². The summed E-state index contributed by atoms with van der Waals surface area (Å²) < 4.78 is 21.6. The number of nitrogens with zero attached hydrogens (tertiary/aromatic N) is 6. The van der Waals surface area contributed by atoms with Crippen LogP contribution in [0.3, 0.4) is 0 Å². The molecule has 0 unspecified atom stereocenters. The average Bonchev–Trinajstić information content (AvgIpc) is 3.64. The van der Waals surface area contributed by atoms with E-state index in [1.807, 2.05) is 12.1 Å². The minimum absolute atomic E-state index is 0.190. The maximum Gasteiger partial charge on any atom is 0.164 e. The Balaban J connectivity index is 1.08. The van der Waals surface area contributed by atoms with Gasteiger partial charge < -0.3 is 25.3 Å². The molecule has 3 N–H and O–H groups in total. The van der Waals surface area contributed by atoms with Gasteiger partial charge in [-0.05, 0) is 75.0 Å². The van der Waals surface area contributed by atoms with Crippen LogP contribution in [0.4, 0.5) is 10.2 Å². The molecule has 0 spiro atoms. The average molecular weight is 597 g/mol. The number of anilines is 1. The Labute approximate surface area is 257 Å². The molecule has 2 aromatic carbocycles. The first-order valence-electron chi connectivity index (χ1n) is 15.9. The molecule has 5 aromatic rings. The fourth-order valence-electron chi connectivity index (χ4n) is 7.17. The van der Waals surface area contributed by atoms with Gasteiger partial charge in [-0.1, -0.05) is 24.3 Å². The van der Waals surface area contributed by atoms with Gasteiger partial charge in [-0.25, -0.2) is 19.0 Å². The van der Waals surface area contributed by atoms with Crippen molar-refractivity contribution in [3.63, 3.8) is 0 Å². The van der Waals surface area contributed by atoms with E-state index in [0.717, 1.165) is 84.4 Å². The number of halogens is 1. The number of aromatic nitrogens is 5. The zero-order valence-corrected chi connectivity index (χ0v) is 25.4. The van der Waals surface area contributed by atoms with Gasteiger partial charge >= 0.3 is 0 Å². The molecule has 2 aliphatic rings. The summed E-state index contributed by atoms with van der Waals surface area (Å²) in [5, 5.41) is 7.01. The van der Waals surface area contributed by atoms with Gasteiger partial charge in [-0.15, -0.1) is 0 Å². The number of aromatic amines is 1. The number of nitrogens with two attached hydrogens (primary N) is 1. The molecule has 7 rings (SSSR count). The smallest absolute Gasteiger partial charge is 0.164 e. The van der Waals surface area contributed by atoms with Gasteiger partial charge in [0, 0.05) is 68.0 Å². The summed E-state index contributed by atoms with van der Waals surface area (Å²) in [7, 11) is 1.78. The van der Waals surface area contributed by atoms with Gasteiger partial charge in [0.1, 0.15) is 23.7 Å². The van der Waals surface area contributed by atoms with Gasteiger partial charge in [0.2, 0.25) is 0 Å². The third-order valence-corrected chi connectivity index (χ3v) is 9.55. The first-order chi connectivity index (χ1) is 21.6. The van der Waals surface area contributed by atoms with E-state index in [-0.39, 0.29) is 11.9 Å². The second-order valence-electron chi connectivity index (χ2n) is 12.3. The number of benzene rings is 2. The van der Waals surface area contributed by atoms with Crippen molar-refractivity contribution in [2.45, 2.75) is 50.6 Å². The molecule has 0 atom stereocenters. The Morgan fingerprint density at radius 1 is 0.977 bits per heavy atom. The summed E-state index contributed by atoms with van der Waals surface area (Å²) in [6.45, 7) is 6.45. The number of H-pyrrole nitrogens is 1. The maximum atomic E-state index is 14.3. The highest BCUT2D eigenvalue weighted by Crippen LogP contribution is 2.36. The van der Waals surface area contributed by atoms with E-state index in [2.05, 4.69) is 53.7 Å². The molecule has 10 heteroatoms. The molecular weight excluding hydrogens is 555 g/mol. The lowest BCUT2D eigenvalue weighted by Gasteiger charge is -2.41. The van der Waals surface area contributed by atoms with Crippen molar-refractivity contribution < 1.29 is 9.13 Å². The Morgan fingerprint density at radius 2 is 1.77 bits per heavy atom. The summed E-state index contributed by atoms with van der Waals surface area (Å²) in [5.74, 6) is 0.254. The molecule has 2 aliphatic heterocycles. The van der Waals surface area contributed by atoms with E-state index in [9.17, 15) is 4.39 Å². The lowest BCUT2D eigenvalue weighted by Crippen LogP contribution is -2.48. The van der Waals surface area contributed by atoms with Crippen LogP contribution in [0, 0.1) is 5.82 Å². The first-order valence-corrected chi connectivity index (χ1v) is 15.9. The molecule has 0 bridgehead atoms. The number of rotatable bonds is 9. The van der Waals surface area contributed by atoms with Crippen LogP contribution in [-0.2, 0) is 11.2 Å². The van der Waals surface area contributed by atoms with E-state index in [1.165, 1.54) is 32.0 Å². The lowest BCUT2D eigenvalue weighted by atomic mass is 9.98. The fraction of sp³-hybridized carbons (Fsp3) is 0.441. The van der Waals surface area contributed by atoms with Gasteiger partial charge in [0.15, 0.2) is 5.65 Å². The molecule has 2 saturated heterocycles. The highest BCUT2D eigenvalue weighted by Gasteiger charge is 2.31. The van der Waals surface area contributed by atoms with Crippen molar-refractivity contribution in [1.82, 2.24) is 34.5 Å². The monoisotopic (exact) mass is 596 g/mol. The Morgan fingerprint density at radius 3 is 2.57 bits per heavy atom. The predicted octanol–water partition coefficient (Wildman–Crippen LogP) is 5.42. The van der Waals surface area contributed by atoms with Crippen LogP contribution in [0.25, 0.3) is 33.2 Å². The molecule has 44 heavy (non-hydrogen) atoms. The van der Waals surface area contributed by atoms with E-state index in [0.29, 0.717) is 23.8 Å². The molecule has 230 valence electrons. The standard InChI is InChI=1S/C34H41FN8O/c1-44-18-4-13-41-14-9-27(10-15-41)42-16-11-28(12-17-42)43-34-31(33(36)37-22-38-34)32(40-43)24-7-8-30-25(19-24)21-26(39-30)20-23-5-2-3-6-29(23)35/h2-3,5-8,19,21-22,27-28,39H,4,9-18,20H2,1H3,(H2,36,37,38). The quantitative estimate of drug-likeness (QED) is 0.219. The molecular formula is C34H41FN8O. The predicted molar refractivity (Wildman–Crippen MR) is 172 cm³/mol. The third kappa shape index (κ3) is 5.81. The number of piperidine rings is 2. The van der Waals surface area contributed by atoms with Crippen LogP contribution in [0.5, 0.6) is 0 Å². The van der Waals surface area contributed by atoms with Gasteiger partial charge in [0.05, 0.1) is 11.4 Å². The summed E-state index contributed by atoms with van der Waals surface area (Å²) in [6.07, 6.45) is 7.69. The zero-order chi connectivity index (χ0) is 30.0. The Kier molecular flexibility index (Phi) is 8.29. The zero-order valence-electron chi connectivity index (χ0n) is 25.4. The highest BCUT2D eigenvalue weighted by atomic mass is 19.1. The molecule has 5 heterocycles. The van der Waals surface area contributed by atoms with Crippen molar-refractivity contribution in [3.8, 4) is 11.3 Å². The minimum atomic E-state index is -0.190. The molecule has 0 amide bonds. The third-order valence-electron chi connectivity index (χ3n) is 9.55. The maximum absolute atomic E-state index is 14.3. The molecule has 2 fully saturated rings. The number of hydrogen-bond donors (Lipinski definition) is 2. The Hall–Kier alpha value is -3.86. The summed E-state index contributed by atoms with van der Waals surface area (Å²) in [5.41, 5.74) is 11.7. The molecule has 3 aromatic heterocycles. The van der Waals surface area contributed by atoms with Gasteiger partial charge in [-0.3, -0.25) is 0 Å². The summed E-state index contributed by atoms with van der Waals surface area (Å²) in [6, 6.07) is 16.2. The van der Waals surface area contributed by atoms with Crippen molar-refractivity contribution in [2.24, 2.45) is 0 Å². The van der Waals surface area contributed by atoms with E-state index >= 15 is 0 Å². The number of fused-ring (bicyclic) bond motifs is 2. The van der Waals surface area contributed by atoms with Crippen molar-refractivity contribution in [3.05, 3.63) is 71.9 Å². The van der Waals surface area contributed by atoms with Crippen LogP contribution < -0.4 is 5.73 Å². The second-order valence-corrected chi connectivity index (χ2v) is 12.3. The van der Waals surface area contributed by atoms with Gasteiger partial charge in [0.25, 0.3) is 0 Å². The number of hydrogen-bond acceptors (Lipinski definition) is 7. The van der Waals surface area contributed by atoms with Crippen LogP contribution in [0.2, 0.25) is 0 Å². The van der Waals surface area contributed by atoms with E-state index in [4.69, 9.17) is 15.6 Å². The van der Waals surface area contributed by atoms with E-state index in [1.54, 1.807) is 19.5 Å². The molecule has 9 nitrogen and oxygen atoms in total. The summed E-state index contributed by atoms with van der Waals surface area (Å²) >= 11 is 0. The molecule has 0 radical (unpaired) electrons. The number of likely N-dealkylation sites (tertiary alicyclic amines) is 2. The number of nitrogens with one attached hydrogen (secondary N) is 1. The summed E-state index contributed by atoms with van der Waals surface area (Å²) in [4.78, 5) is 17.7. The van der Waals surface area contributed by atoms with E-state index < -0.39 is 0 Å². The second kappa shape index (κ2) is 12.6. The van der Waals surface area contributed by atoms with Crippen LogP contribution in [0.15, 0.2) is 54.9 Å². The van der Waals surface area contributed by atoms with Gasteiger partial charge in [-0.2, -0.15) is 5.10 Å². The SMILES string of the molecule is COCCCN1CCC(N2CCC(n3nc(-c4ccc5[nH]c(Cc6ccccc6F)cc5c4)c4c(N)ncnc43)CC2)CC1. The number of ether oxygens (including phenoxy) is 1. The normalized spacial score (nSPS) is 17.7. The largest absolute Gasteiger partial charge is 0.385 e. The first kappa shape index (κ1) is 28.9.